The van der Waals surface area contributed by atoms with Gasteiger partial charge in [0.25, 0.3) is 5.91 Å². The molecule has 1 aliphatic rings. The van der Waals surface area contributed by atoms with Crippen LogP contribution in [0.1, 0.15) is 23.7 Å². The third-order valence-electron chi connectivity index (χ3n) is 3.65. The fourth-order valence-electron chi connectivity index (χ4n) is 2.41. The number of carbonyl (C=O) groups excluding carboxylic acids is 1. The molecule has 1 saturated heterocycles. The zero-order chi connectivity index (χ0) is 15.1. The number of carbonyl (C=O) groups is 1. The first-order chi connectivity index (χ1) is 10.2. The molecular weight excluding hydrogens is 268 g/mol. The van der Waals surface area contributed by atoms with E-state index in [9.17, 15) is 4.79 Å². The van der Waals surface area contributed by atoms with Crippen LogP contribution in [0, 0.1) is 0 Å². The van der Waals surface area contributed by atoms with E-state index >= 15 is 0 Å². The maximum atomic E-state index is 12.4. The number of benzene rings is 1. The molecule has 1 amide bonds. The van der Waals surface area contributed by atoms with Crippen LogP contribution in [-0.4, -0.2) is 66.8 Å². The van der Waals surface area contributed by atoms with Crippen LogP contribution in [0.2, 0.25) is 0 Å². The average Bonchev–Trinajstić information content (AvgIpc) is 2.54. The van der Waals surface area contributed by atoms with Crippen LogP contribution in [0.25, 0.3) is 0 Å². The van der Waals surface area contributed by atoms with Gasteiger partial charge in [-0.2, -0.15) is 0 Å². The highest BCUT2D eigenvalue weighted by Crippen LogP contribution is 2.15. The normalized spacial score (nSPS) is 16.0. The minimum atomic E-state index is 0.0701. The number of piperazine rings is 1. The summed E-state index contributed by atoms with van der Waals surface area (Å²) in [6.07, 6.45) is 0.971. The second-order valence-electron chi connectivity index (χ2n) is 5.23. The zero-order valence-corrected chi connectivity index (χ0v) is 12.6. The molecule has 1 aromatic carbocycles. The third kappa shape index (κ3) is 4.44. The lowest BCUT2D eigenvalue weighted by Crippen LogP contribution is -2.49. The van der Waals surface area contributed by atoms with Gasteiger partial charge < -0.3 is 14.7 Å². The molecule has 116 valence electrons. The van der Waals surface area contributed by atoms with Gasteiger partial charge in [-0.05, 0) is 30.7 Å². The first kappa shape index (κ1) is 15.8. The molecule has 0 atom stereocenters. The standard InChI is InChI=1S/C16H24N2O3/c1-2-13-21-15-5-3-14(4-6-15)16(20)18-9-7-17(8-10-18)11-12-19/h3-6,19H,2,7-13H2,1H3. The Morgan fingerprint density at radius 2 is 1.86 bits per heavy atom. The van der Waals surface area contributed by atoms with E-state index in [4.69, 9.17) is 9.84 Å². The van der Waals surface area contributed by atoms with E-state index in [-0.39, 0.29) is 12.5 Å². The second kappa shape index (κ2) is 8.00. The molecule has 0 aliphatic carbocycles. The molecule has 1 fully saturated rings. The Morgan fingerprint density at radius 3 is 2.43 bits per heavy atom. The summed E-state index contributed by atoms with van der Waals surface area (Å²) in [7, 11) is 0. The Balaban J connectivity index is 1.88. The van der Waals surface area contributed by atoms with E-state index in [1.165, 1.54) is 0 Å². The number of rotatable bonds is 6. The fraction of sp³-hybridized carbons (Fsp3) is 0.562. The number of hydrogen-bond acceptors (Lipinski definition) is 4. The minimum absolute atomic E-state index is 0.0701. The molecule has 0 aromatic heterocycles. The zero-order valence-electron chi connectivity index (χ0n) is 12.6. The number of aliphatic hydroxyl groups excluding tert-OH is 1. The molecular formula is C16H24N2O3. The molecule has 1 aliphatic heterocycles. The molecule has 0 spiro atoms. The maximum absolute atomic E-state index is 12.4. The van der Waals surface area contributed by atoms with E-state index in [0.29, 0.717) is 31.8 Å². The van der Waals surface area contributed by atoms with Gasteiger partial charge in [0, 0.05) is 38.3 Å². The SMILES string of the molecule is CCCOc1ccc(C(=O)N2CCN(CCO)CC2)cc1. The fourth-order valence-corrected chi connectivity index (χ4v) is 2.41. The van der Waals surface area contributed by atoms with Crippen LogP contribution in [0.5, 0.6) is 5.75 Å². The van der Waals surface area contributed by atoms with E-state index in [1.54, 1.807) is 0 Å². The van der Waals surface area contributed by atoms with Crippen LogP contribution >= 0.6 is 0 Å². The number of aliphatic hydroxyl groups is 1. The van der Waals surface area contributed by atoms with Crippen molar-refractivity contribution in [3.8, 4) is 5.75 Å². The largest absolute Gasteiger partial charge is 0.494 e. The van der Waals surface area contributed by atoms with Crippen LogP contribution in [0.4, 0.5) is 0 Å². The van der Waals surface area contributed by atoms with Gasteiger partial charge in [0.15, 0.2) is 0 Å². The molecule has 0 radical (unpaired) electrons. The van der Waals surface area contributed by atoms with Crippen LogP contribution in [-0.2, 0) is 0 Å². The van der Waals surface area contributed by atoms with Crippen molar-refractivity contribution in [2.45, 2.75) is 13.3 Å². The first-order valence-electron chi connectivity index (χ1n) is 7.60. The molecule has 1 N–H and O–H groups in total. The number of β-amino-alcohol motifs (C(OH)–C–C–N with tert-alkyl or cyclic N) is 1. The third-order valence-corrected chi connectivity index (χ3v) is 3.65. The van der Waals surface area contributed by atoms with Crippen molar-refractivity contribution in [1.82, 2.24) is 9.80 Å². The minimum Gasteiger partial charge on any atom is -0.494 e. The summed E-state index contributed by atoms with van der Waals surface area (Å²) in [4.78, 5) is 16.4. The van der Waals surface area contributed by atoms with Gasteiger partial charge in [-0.1, -0.05) is 6.92 Å². The van der Waals surface area contributed by atoms with Gasteiger partial charge in [0.1, 0.15) is 5.75 Å². The predicted molar refractivity (Wildman–Crippen MR) is 81.7 cm³/mol. The Labute approximate surface area is 126 Å². The lowest BCUT2D eigenvalue weighted by molar-refractivity contribution is 0.0615. The molecule has 0 unspecified atom stereocenters. The molecule has 2 rings (SSSR count). The quantitative estimate of drug-likeness (QED) is 0.857. The van der Waals surface area contributed by atoms with E-state index in [1.807, 2.05) is 29.2 Å². The van der Waals surface area contributed by atoms with Crippen LogP contribution in [0.3, 0.4) is 0 Å². The summed E-state index contributed by atoms with van der Waals surface area (Å²) in [5.41, 5.74) is 0.703. The smallest absolute Gasteiger partial charge is 0.253 e. The molecule has 5 heteroatoms. The Morgan fingerprint density at radius 1 is 1.19 bits per heavy atom. The topological polar surface area (TPSA) is 53.0 Å². The van der Waals surface area contributed by atoms with Crippen molar-refractivity contribution in [3.63, 3.8) is 0 Å². The van der Waals surface area contributed by atoms with Gasteiger partial charge in [-0.25, -0.2) is 0 Å². The summed E-state index contributed by atoms with van der Waals surface area (Å²) in [6.45, 7) is 6.70. The van der Waals surface area contributed by atoms with Gasteiger partial charge in [-0.3, -0.25) is 9.69 Å². The highest BCUT2D eigenvalue weighted by molar-refractivity contribution is 5.94. The monoisotopic (exact) mass is 292 g/mol. The van der Waals surface area contributed by atoms with Crippen molar-refractivity contribution in [1.29, 1.82) is 0 Å². The van der Waals surface area contributed by atoms with Crippen molar-refractivity contribution >= 4 is 5.91 Å². The highest BCUT2D eigenvalue weighted by atomic mass is 16.5. The lowest BCUT2D eigenvalue weighted by Gasteiger charge is -2.34. The van der Waals surface area contributed by atoms with Gasteiger partial charge in [0.2, 0.25) is 0 Å². The summed E-state index contributed by atoms with van der Waals surface area (Å²) >= 11 is 0. The Bertz CT molecular complexity index is 439. The van der Waals surface area contributed by atoms with Crippen LogP contribution < -0.4 is 4.74 Å². The molecule has 0 bridgehead atoms. The average molecular weight is 292 g/mol. The number of ether oxygens (including phenoxy) is 1. The number of nitrogens with zero attached hydrogens (tertiary/aromatic N) is 2. The van der Waals surface area contributed by atoms with E-state index in [0.717, 1.165) is 25.3 Å². The number of amides is 1. The van der Waals surface area contributed by atoms with Crippen molar-refractivity contribution < 1.29 is 14.6 Å². The Kier molecular flexibility index (Phi) is 6.02. The Hall–Kier alpha value is -1.59. The number of hydrogen-bond donors (Lipinski definition) is 1. The van der Waals surface area contributed by atoms with Gasteiger partial charge in [0.05, 0.1) is 13.2 Å². The molecule has 1 aromatic rings. The maximum Gasteiger partial charge on any atom is 0.253 e. The van der Waals surface area contributed by atoms with E-state index < -0.39 is 0 Å². The first-order valence-corrected chi connectivity index (χ1v) is 7.60. The van der Waals surface area contributed by atoms with Crippen molar-refractivity contribution in [2.75, 3.05) is 45.9 Å². The van der Waals surface area contributed by atoms with Gasteiger partial charge >= 0.3 is 0 Å². The van der Waals surface area contributed by atoms with Crippen LogP contribution in [0.15, 0.2) is 24.3 Å². The van der Waals surface area contributed by atoms with Crippen molar-refractivity contribution in [3.05, 3.63) is 29.8 Å². The second-order valence-corrected chi connectivity index (χ2v) is 5.23. The highest BCUT2D eigenvalue weighted by Gasteiger charge is 2.21. The van der Waals surface area contributed by atoms with E-state index in [2.05, 4.69) is 11.8 Å². The lowest BCUT2D eigenvalue weighted by atomic mass is 10.1. The molecule has 21 heavy (non-hydrogen) atoms. The molecule has 1 heterocycles. The summed E-state index contributed by atoms with van der Waals surface area (Å²) in [5, 5.41) is 8.93. The summed E-state index contributed by atoms with van der Waals surface area (Å²) in [6, 6.07) is 7.36. The molecule has 0 saturated carbocycles. The summed E-state index contributed by atoms with van der Waals surface area (Å²) < 4.78 is 5.52. The predicted octanol–water partition coefficient (Wildman–Crippen LogP) is 1.23. The summed E-state index contributed by atoms with van der Waals surface area (Å²) in [5.74, 6) is 0.877. The molecule has 5 nitrogen and oxygen atoms in total. The van der Waals surface area contributed by atoms with Gasteiger partial charge in [-0.15, -0.1) is 0 Å². The van der Waals surface area contributed by atoms with Crippen molar-refractivity contribution in [2.24, 2.45) is 0 Å².